The molecule has 0 atom stereocenters. The molecule has 0 aliphatic carbocycles. The van der Waals surface area contributed by atoms with Crippen molar-refractivity contribution < 1.29 is 14.6 Å². The van der Waals surface area contributed by atoms with Crippen LogP contribution >= 0.6 is 15.9 Å². The quantitative estimate of drug-likeness (QED) is 0.878. The van der Waals surface area contributed by atoms with Gasteiger partial charge in [0.05, 0.1) is 11.2 Å². The molecule has 1 aromatic rings. The third-order valence-corrected chi connectivity index (χ3v) is 2.91. The van der Waals surface area contributed by atoms with Gasteiger partial charge in [0.15, 0.2) is 0 Å². The number of carbonyl (C=O) groups is 1. The average molecular weight is 316 g/mol. The molecule has 0 saturated heterocycles. The van der Waals surface area contributed by atoms with Crippen LogP contribution in [0.3, 0.4) is 0 Å². The van der Waals surface area contributed by atoms with E-state index in [1.165, 1.54) is 6.07 Å². The van der Waals surface area contributed by atoms with Crippen LogP contribution in [0.25, 0.3) is 0 Å². The molecule has 1 amide bonds. The third-order valence-electron chi connectivity index (χ3n) is 2.41. The van der Waals surface area contributed by atoms with Crippen LogP contribution in [0.2, 0.25) is 0 Å². The van der Waals surface area contributed by atoms with Crippen LogP contribution in [0.15, 0.2) is 22.7 Å². The molecule has 18 heavy (non-hydrogen) atoms. The molecule has 0 fully saturated rings. The molecule has 0 unspecified atom stereocenters. The van der Waals surface area contributed by atoms with Crippen molar-refractivity contribution in [3.63, 3.8) is 0 Å². The van der Waals surface area contributed by atoms with E-state index in [2.05, 4.69) is 21.2 Å². The van der Waals surface area contributed by atoms with E-state index >= 15 is 0 Å². The van der Waals surface area contributed by atoms with Crippen LogP contribution in [0.1, 0.15) is 31.1 Å². The molecule has 0 spiro atoms. The first-order valence-corrected chi connectivity index (χ1v) is 6.55. The number of hydrogen-bond donors (Lipinski definition) is 2. The van der Waals surface area contributed by atoms with Crippen LogP contribution in [-0.2, 0) is 4.74 Å². The Balaban J connectivity index is 2.66. The molecular formula is C13H18BrNO3. The maximum absolute atomic E-state index is 11.9. The van der Waals surface area contributed by atoms with Crippen molar-refractivity contribution in [2.45, 2.75) is 26.4 Å². The number of hydrogen-bond acceptors (Lipinski definition) is 3. The summed E-state index contributed by atoms with van der Waals surface area (Å²) in [4.78, 5) is 11.9. The SMILES string of the molecule is CCOC(C)(C)CNC(=O)c1ccc(Br)cc1O. The van der Waals surface area contributed by atoms with Gasteiger partial charge in [-0.25, -0.2) is 0 Å². The molecule has 4 nitrogen and oxygen atoms in total. The van der Waals surface area contributed by atoms with E-state index in [0.29, 0.717) is 13.2 Å². The van der Waals surface area contributed by atoms with Crippen molar-refractivity contribution in [1.82, 2.24) is 5.32 Å². The molecule has 0 aliphatic rings. The first-order chi connectivity index (χ1) is 8.35. The lowest BCUT2D eigenvalue weighted by Crippen LogP contribution is -2.40. The Morgan fingerprint density at radius 1 is 1.50 bits per heavy atom. The maximum Gasteiger partial charge on any atom is 0.255 e. The van der Waals surface area contributed by atoms with Crippen molar-refractivity contribution in [3.05, 3.63) is 28.2 Å². The maximum atomic E-state index is 11.9. The largest absolute Gasteiger partial charge is 0.507 e. The molecule has 0 aliphatic heterocycles. The Labute approximate surface area is 115 Å². The number of rotatable bonds is 5. The normalized spacial score (nSPS) is 11.3. The van der Waals surface area contributed by atoms with E-state index in [9.17, 15) is 9.90 Å². The summed E-state index contributed by atoms with van der Waals surface area (Å²) in [5, 5.41) is 12.4. The molecule has 1 rings (SSSR count). The fraction of sp³-hybridized carbons (Fsp3) is 0.462. The average Bonchev–Trinajstić information content (AvgIpc) is 2.26. The predicted octanol–water partition coefficient (Wildman–Crippen LogP) is 2.70. The van der Waals surface area contributed by atoms with E-state index in [0.717, 1.165) is 4.47 Å². The van der Waals surface area contributed by atoms with E-state index in [1.807, 2.05) is 20.8 Å². The standard InChI is InChI=1S/C13H18BrNO3/c1-4-18-13(2,3)8-15-12(17)10-6-5-9(14)7-11(10)16/h5-7,16H,4,8H2,1-3H3,(H,15,17). The van der Waals surface area contributed by atoms with Gasteiger partial charge in [-0.15, -0.1) is 0 Å². The molecule has 0 heterocycles. The molecule has 5 heteroatoms. The van der Waals surface area contributed by atoms with Crippen LogP contribution in [0, 0.1) is 0 Å². The molecule has 1 aromatic carbocycles. The molecule has 100 valence electrons. The highest BCUT2D eigenvalue weighted by molar-refractivity contribution is 9.10. The molecule has 0 saturated carbocycles. The molecule has 2 N–H and O–H groups in total. The van der Waals surface area contributed by atoms with E-state index in [1.54, 1.807) is 12.1 Å². The van der Waals surface area contributed by atoms with Crippen LogP contribution in [0.5, 0.6) is 5.75 Å². The highest BCUT2D eigenvalue weighted by Crippen LogP contribution is 2.22. The number of ether oxygens (including phenoxy) is 1. The summed E-state index contributed by atoms with van der Waals surface area (Å²) in [5.74, 6) is -0.358. The van der Waals surface area contributed by atoms with E-state index < -0.39 is 5.60 Å². The van der Waals surface area contributed by atoms with E-state index in [4.69, 9.17) is 4.74 Å². The monoisotopic (exact) mass is 315 g/mol. The van der Waals surface area contributed by atoms with Crippen molar-refractivity contribution >= 4 is 21.8 Å². The highest BCUT2D eigenvalue weighted by Gasteiger charge is 2.20. The van der Waals surface area contributed by atoms with Gasteiger partial charge in [-0.1, -0.05) is 15.9 Å². The second-order valence-corrected chi connectivity index (χ2v) is 5.45. The zero-order valence-corrected chi connectivity index (χ0v) is 12.4. The summed E-state index contributed by atoms with van der Waals surface area (Å²) >= 11 is 3.22. The number of halogens is 1. The van der Waals surface area contributed by atoms with Gasteiger partial charge in [-0.2, -0.15) is 0 Å². The molecule has 0 aromatic heterocycles. The second-order valence-electron chi connectivity index (χ2n) is 4.54. The zero-order valence-electron chi connectivity index (χ0n) is 10.8. The number of phenols is 1. The van der Waals surface area contributed by atoms with Crippen LogP contribution in [-0.4, -0.2) is 29.8 Å². The molecule has 0 radical (unpaired) electrons. The minimum absolute atomic E-state index is 0.0453. The van der Waals surface area contributed by atoms with Gasteiger partial charge in [-0.05, 0) is 39.0 Å². The molecule has 0 bridgehead atoms. The summed E-state index contributed by atoms with van der Waals surface area (Å²) in [6.45, 7) is 6.68. The Morgan fingerprint density at radius 2 is 2.17 bits per heavy atom. The van der Waals surface area contributed by atoms with Gasteiger partial charge in [0.25, 0.3) is 5.91 Å². The number of amides is 1. The number of phenolic OH excluding ortho intramolecular Hbond substituents is 1. The summed E-state index contributed by atoms with van der Waals surface area (Å²) in [7, 11) is 0. The number of carbonyl (C=O) groups excluding carboxylic acids is 1. The Bertz CT molecular complexity index is 432. The van der Waals surface area contributed by atoms with Gasteiger partial charge in [0, 0.05) is 17.6 Å². The molecular weight excluding hydrogens is 298 g/mol. The van der Waals surface area contributed by atoms with Gasteiger partial charge < -0.3 is 15.2 Å². The predicted molar refractivity (Wildman–Crippen MR) is 73.8 cm³/mol. The van der Waals surface area contributed by atoms with Crippen molar-refractivity contribution in [3.8, 4) is 5.75 Å². The fourth-order valence-corrected chi connectivity index (χ4v) is 1.88. The Kier molecular flexibility index (Phi) is 5.16. The number of benzene rings is 1. The number of nitrogens with one attached hydrogen (secondary N) is 1. The van der Waals surface area contributed by atoms with E-state index in [-0.39, 0.29) is 17.2 Å². The van der Waals surface area contributed by atoms with Crippen LogP contribution < -0.4 is 5.32 Å². The third kappa shape index (κ3) is 4.31. The van der Waals surface area contributed by atoms with Crippen molar-refractivity contribution in [2.75, 3.05) is 13.2 Å². The number of aromatic hydroxyl groups is 1. The lowest BCUT2D eigenvalue weighted by molar-refractivity contribution is -0.00817. The summed E-state index contributed by atoms with van der Waals surface area (Å²) in [6.07, 6.45) is 0. The lowest BCUT2D eigenvalue weighted by Gasteiger charge is -2.24. The minimum Gasteiger partial charge on any atom is -0.507 e. The summed E-state index contributed by atoms with van der Waals surface area (Å²) in [6, 6.07) is 4.77. The topological polar surface area (TPSA) is 58.6 Å². The smallest absolute Gasteiger partial charge is 0.255 e. The van der Waals surface area contributed by atoms with Gasteiger partial charge in [0.2, 0.25) is 0 Å². The Hall–Kier alpha value is -1.07. The van der Waals surface area contributed by atoms with Gasteiger partial charge >= 0.3 is 0 Å². The van der Waals surface area contributed by atoms with Gasteiger partial charge in [0.1, 0.15) is 5.75 Å². The second kappa shape index (κ2) is 6.20. The van der Waals surface area contributed by atoms with Gasteiger partial charge in [-0.3, -0.25) is 4.79 Å². The van der Waals surface area contributed by atoms with Crippen molar-refractivity contribution in [2.24, 2.45) is 0 Å². The zero-order chi connectivity index (χ0) is 13.8. The fourth-order valence-electron chi connectivity index (χ4n) is 1.53. The summed E-state index contributed by atoms with van der Waals surface area (Å²) in [5.41, 5.74) is -0.166. The Morgan fingerprint density at radius 3 is 2.72 bits per heavy atom. The lowest BCUT2D eigenvalue weighted by atomic mass is 10.1. The van der Waals surface area contributed by atoms with Crippen molar-refractivity contribution in [1.29, 1.82) is 0 Å². The summed E-state index contributed by atoms with van der Waals surface area (Å²) < 4.78 is 6.21. The highest BCUT2D eigenvalue weighted by atomic mass is 79.9. The van der Waals surface area contributed by atoms with Crippen LogP contribution in [0.4, 0.5) is 0 Å². The minimum atomic E-state index is -0.421. The first kappa shape index (κ1) is 15.0. The first-order valence-electron chi connectivity index (χ1n) is 5.76.